The molecule has 0 unspecified atom stereocenters. The molecule has 11 heavy (non-hydrogen) atoms. The fourth-order valence-corrected chi connectivity index (χ4v) is 4.12. The molecule has 1 aliphatic rings. The van der Waals surface area contributed by atoms with Crippen LogP contribution in [0, 0.1) is 0 Å². The predicted molar refractivity (Wildman–Crippen MR) is 61.0 cm³/mol. The van der Waals surface area contributed by atoms with E-state index in [1.54, 1.807) is 4.90 Å². The van der Waals surface area contributed by atoms with Crippen molar-refractivity contribution in [2.45, 2.75) is 0 Å². The summed E-state index contributed by atoms with van der Waals surface area (Å²) in [6.45, 7) is 1.43. The van der Waals surface area contributed by atoms with Crippen LogP contribution in [-0.2, 0) is 0 Å². The summed E-state index contributed by atoms with van der Waals surface area (Å²) in [6, 6.07) is -0.0516. The third-order valence-corrected chi connectivity index (χ3v) is 4.14. The van der Waals surface area contributed by atoms with Crippen molar-refractivity contribution in [1.82, 2.24) is 10.2 Å². The van der Waals surface area contributed by atoms with Crippen molar-refractivity contribution >= 4 is 52.9 Å². The Labute approximate surface area is 91.3 Å². The first-order valence-electron chi connectivity index (χ1n) is 3.12. The van der Waals surface area contributed by atoms with Crippen molar-refractivity contribution in [2.24, 2.45) is 0 Å². The molecule has 4 nitrogen and oxygen atoms in total. The van der Waals surface area contributed by atoms with Crippen LogP contribution in [0.1, 0.15) is 0 Å². The summed E-state index contributed by atoms with van der Waals surface area (Å²) in [5, 5.41) is 2.68. The van der Waals surface area contributed by atoms with Gasteiger partial charge in [-0.25, -0.2) is 4.79 Å². The molecule has 0 saturated carbocycles. The summed E-state index contributed by atoms with van der Waals surface area (Å²) in [7, 11) is 0. The summed E-state index contributed by atoms with van der Waals surface area (Å²) >= 11 is 4.07. The number of amides is 2. The summed E-state index contributed by atoms with van der Waals surface area (Å²) in [5.41, 5.74) is 0. The van der Waals surface area contributed by atoms with Crippen LogP contribution >= 0.6 is 43.6 Å². The summed E-state index contributed by atoms with van der Waals surface area (Å²) in [4.78, 5) is 22.1. The zero-order valence-corrected chi connectivity index (χ0v) is 11.0. The van der Waals surface area contributed by atoms with E-state index in [0.29, 0.717) is 12.7 Å². The molecule has 1 saturated heterocycles. The number of carbonyl (C=O) groups is 1. The van der Waals surface area contributed by atoms with Gasteiger partial charge in [-0.15, -0.1) is 0 Å². The number of halogens is 2. The van der Waals surface area contributed by atoms with Crippen LogP contribution in [0.5, 0.6) is 0 Å². The molecule has 64 valence electrons. The van der Waals surface area contributed by atoms with E-state index in [9.17, 15) is 9.59 Å². The quantitative estimate of drug-likeness (QED) is 0.401. The van der Waals surface area contributed by atoms with E-state index in [2.05, 4.69) is 5.32 Å². The summed E-state index contributed by atoms with van der Waals surface area (Å²) in [5.74, 6) is 0. The van der Waals surface area contributed by atoms with Gasteiger partial charge in [0.05, 0.1) is 6.17 Å². The first kappa shape index (κ1) is 9.99. The average molecular weight is 398 g/mol. The highest BCUT2D eigenvalue weighted by Crippen LogP contribution is 2.19. The van der Waals surface area contributed by atoms with Crippen molar-refractivity contribution in [1.29, 1.82) is 0 Å². The predicted octanol–water partition coefficient (Wildman–Crippen LogP) is 0.352. The van der Waals surface area contributed by atoms with Gasteiger partial charge in [0.2, 0.25) is 0 Å². The molecule has 0 atom stereocenters. The third kappa shape index (κ3) is 3.42. The Morgan fingerprint density at radius 1 is 1.73 bits per heavy atom. The van der Waals surface area contributed by atoms with Crippen LogP contribution in [-0.4, -0.2) is 38.3 Å². The molecule has 0 aromatic carbocycles. The van der Waals surface area contributed by atoms with Crippen molar-refractivity contribution < 1.29 is 9.59 Å². The molecule has 1 heterocycles. The minimum absolute atomic E-state index is 0.0516. The Bertz CT molecular complexity index is 172. The number of urea groups is 1. The second kappa shape index (κ2) is 3.74. The van der Waals surface area contributed by atoms with Crippen LogP contribution in [0.3, 0.4) is 0 Å². The van der Waals surface area contributed by atoms with E-state index in [1.165, 1.54) is 0 Å². The van der Waals surface area contributed by atoms with Gasteiger partial charge in [0.1, 0.15) is 0 Å². The maximum atomic E-state index is 11.0. The van der Waals surface area contributed by atoms with E-state index >= 15 is 0 Å². The molecule has 0 aromatic heterocycles. The largest absolute Gasteiger partial charge is 0.415 e. The number of rotatable bonds is 2. The smallest absolute Gasteiger partial charge is 0.342 e. The van der Waals surface area contributed by atoms with Crippen LogP contribution in [0.25, 0.3) is 0 Å². The van der Waals surface area contributed by atoms with E-state index in [-0.39, 0.29) is 6.03 Å². The molecule has 0 bridgehead atoms. The molecule has 0 aliphatic carbocycles. The van der Waals surface area contributed by atoms with Gasteiger partial charge < -0.3 is 15.0 Å². The standard InChI is InChI=1S/C4H8I2N2O2Si/c5-11(6,10)3-8-2-1-7-4(8)9/h10H,1-3H2,(H,7,9). The normalized spacial score (nSPS) is 18.8. The van der Waals surface area contributed by atoms with Gasteiger partial charge in [0.15, 0.2) is 0 Å². The Hall–Kier alpha value is 0.907. The first-order chi connectivity index (χ1) is 4.99. The summed E-state index contributed by atoms with van der Waals surface area (Å²) in [6.07, 6.45) is 0.514. The van der Waals surface area contributed by atoms with Crippen molar-refractivity contribution in [3.05, 3.63) is 0 Å². The minimum Gasteiger partial charge on any atom is -0.415 e. The maximum absolute atomic E-state index is 11.0. The van der Waals surface area contributed by atoms with Crippen molar-refractivity contribution in [3.63, 3.8) is 0 Å². The van der Waals surface area contributed by atoms with Crippen LogP contribution in [0.2, 0.25) is 0 Å². The molecule has 1 fully saturated rings. The highest BCUT2D eigenvalue weighted by molar-refractivity contribution is 14.3. The average Bonchev–Trinajstić information content (AvgIpc) is 2.12. The van der Waals surface area contributed by atoms with E-state index < -0.39 is 3.31 Å². The van der Waals surface area contributed by atoms with Gasteiger partial charge in [-0.1, -0.05) is 43.6 Å². The number of carbonyl (C=O) groups excluding carboxylic acids is 1. The minimum atomic E-state index is -2.16. The van der Waals surface area contributed by atoms with Gasteiger partial charge in [-0.2, -0.15) is 0 Å². The molecule has 1 rings (SSSR count). The highest BCUT2D eigenvalue weighted by atomic mass is 127. The lowest BCUT2D eigenvalue weighted by molar-refractivity contribution is 0.222. The Balaban J connectivity index is 2.43. The number of nitrogens with zero attached hydrogens (tertiary/aromatic N) is 1. The van der Waals surface area contributed by atoms with Crippen molar-refractivity contribution in [2.75, 3.05) is 19.3 Å². The Kier molecular flexibility index (Phi) is 3.40. The highest BCUT2D eigenvalue weighted by Gasteiger charge is 2.31. The van der Waals surface area contributed by atoms with Crippen LogP contribution < -0.4 is 5.32 Å². The fourth-order valence-electron chi connectivity index (χ4n) is 0.892. The van der Waals surface area contributed by atoms with Crippen LogP contribution in [0.4, 0.5) is 4.79 Å². The lowest BCUT2D eigenvalue weighted by Crippen LogP contribution is -2.40. The molecule has 7 heteroatoms. The van der Waals surface area contributed by atoms with Crippen molar-refractivity contribution in [3.8, 4) is 0 Å². The monoisotopic (exact) mass is 398 g/mol. The number of hydrogen-bond donors (Lipinski definition) is 2. The molecule has 0 radical (unpaired) electrons. The lowest BCUT2D eigenvalue weighted by Gasteiger charge is -2.18. The van der Waals surface area contributed by atoms with Gasteiger partial charge >= 0.3 is 9.34 Å². The summed E-state index contributed by atoms with van der Waals surface area (Å²) < 4.78 is -2.16. The van der Waals surface area contributed by atoms with Gasteiger partial charge in [-0.05, 0) is 0 Å². The molecule has 1 aliphatic heterocycles. The van der Waals surface area contributed by atoms with E-state index in [0.717, 1.165) is 6.54 Å². The zero-order chi connectivity index (χ0) is 8.48. The lowest BCUT2D eigenvalue weighted by atomic mass is 10.7. The maximum Gasteiger partial charge on any atom is 0.342 e. The van der Waals surface area contributed by atoms with E-state index in [1.807, 2.05) is 43.6 Å². The molecule has 0 spiro atoms. The molecule has 2 N–H and O–H groups in total. The van der Waals surface area contributed by atoms with Crippen LogP contribution in [0.15, 0.2) is 0 Å². The molecular weight excluding hydrogens is 390 g/mol. The Morgan fingerprint density at radius 3 is 2.73 bits per heavy atom. The van der Waals surface area contributed by atoms with Gasteiger partial charge in [0.25, 0.3) is 0 Å². The Morgan fingerprint density at radius 2 is 2.36 bits per heavy atom. The molecule has 2 amide bonds. The molecular formula is C4H8I2N2O2Si. The van der Waals surface area contributed by atoms with Gasteiger partial charge in [0, 0.05) is 13.1 Å². The third-order valence-electron chi connectivity index (χ3n) is 1.33. The first-order valence-corrected chi connectivity index (χ1v) is 11.5. The molecule has 0 aromatic rings. The number of hydrogen-bond acceptors (Lipinski definition) is 2. The second-order valence-electron chi connectivity index (χ2n) is 2.32. The van der Waals surface area contributed by atoms with Gasteiger partial charge in [-0.3, -0.25) is 0 Å². The SMILES string of the molecule is O=C1NCCN1C[Si](O)(I)I. The zero-order valence-electron chi connectivity index (χ0n) is 5.68. The fraction of sp³-hybridized carbons (Fsp3) is 0.750. The topological polar surface area (TPSA) is 52.6 Å². The second-order valence-corrected chi connectivity index (χ2v) is 20.9. The number of nitrogens with one attached hydrogen (secondary N) is 1. The van der Waals surface area contributed by atoms with E-state index in [4.69, 9.17) is 0 Å².